The Kier molecular flexibility index (Phi) is 7.83. The first-order valence-electron chi connectivity index (χ1n) is 9.85. The molecule has 1 amide bonds. The third kappa shape index (κ3) is 6.33. The van der Waals surface area contributed by atoms with Crippen LogP contribution in [0.25, 0.3) is 17.3 Å². The van der Waals surface area contributed by atoms with Gasteiger partial charge in [0.15, 0.2) is 11.2 Å². The van der Waals surface area contributed by atoms with Crippen LogP contribution in [-0.2, 0) is 19.1 Å². The molecule has 2 aromatic carbocycles. The molecule has 34 heavy (non-hydrogen) atoms. The molecule has 0 aliphatic carbocycles. The molecule has 3 aromatic rings. The van der Waals surface area contributed by atoms with Gasteiger partial charge in [0.2, 0.25) is 0 Å². The number of ether oxygens (including phenoxy) is 2. The average molecular weight is 481 g/mol. The second kappa shape index (κ2) is 11.0. The van der Waals surface area contributed by atoms with Crippen LogP contribution in [0, 0.1) is 10.1 Å². The van der Waals surface area contributed by atoms with Crippen molar-refractivity contribution in [2.45, 2.75) is 13.0 Å². The van der Waals surface area contributed by atoms with E-state index in [4.69, 9.17) is 4.74 Å². The minimum Gasteiger partial charge on any atom is -0.465 e. The number of hydrogen-bond donors (Lipinski definition) is 1. The molecule has 1 atom stereocenters. The Morgan fingerprint density at radius 3 is 2.59 bits per heavy atom. The van der Waals surface area contributed by atoms with Crippen LogP contribution < -0.4 is 5.32 Å². The molecule has 0 saturated heterocycles. The number of carbonyl (C=O) groups excluding carboxylic acids is 3. The number of aromatic nitrogens is 1. The first kappa shape index (κ1) is 24.3. The van der Waals surface area contributed by atoms with Gasteiger partial charge in [-0.25, -0.2) is 14.6 Å². The van der Waals surface area contributed by atoms with Crippen molar-refractivity contribution < 1.29 is 28.8 Å². The molecule has 3 rings (SSSR count). The van der Waals surface area contributed by atoms with E-state index >= 15 is 0 Å². The summed E-state index contributed by atoms with van der Waals surface area (Å²) in [4.78, 5) is 50.6. The fourth-order valence-corrected chi connectivity index (χ4v) is 3.45. The molecule has 1 N–H and O–H groups in total. The Balaban J connectivity index is 1.55. The number of rotatable bonds is 8. The highest BCUT2D eigenvalue weighted by atomic mass is 32.1. The van der Waals surface area contributed by atoms with Gasteiger partial charge < -0.3 is 9.47 Å². The van der Waals surface area contributed by atoms with Gasteiger partial charge in [-0.1, -0.05) is 24.3 Å². The number of nitrogens with one attached hydrogen (secondary N) is 1. The minimum atomic E-state index is -1.09. The quantitative estimate of drug-likeness (QED) is 0.220. The number of esters is 2. The summed E-state index contributed by atoms with van der Waals surface area (Å²) in [5.74, 6) is -1.77. The number of methoxy groups -OCH3 is 1. The number of nitro groups is 1. The molecule has 1 heterocycles. The number of thiazole rings is 1. The molecule has 174 valence electrons. The third-order valence-corrected chi connectivity index (χ3v) is 5.25. The number of amides is 1. The molecule has 0 aliphatic rings. The normalized spacial score (nSPS) is 11.6. The van der Waals surface area contributed by atoms with Crippen molar-refractivity contribution in [3.8, 4) is 11.3 Å². The Hall–Kier alpha value is -4.38. The van der Waals surface area contributed by atoms with Gasteiger partial charge in [-0.3, -0.25) is 20.2 Å². The van der Waals surface area contributed by atoms with Gasteiger partial charge in [-0.15, -0.1) is 11.3 Å². The standard InChI is InChI=1S/C23H19N3O7S/c1-14(33-20(27)11-8-15-6-9-16(10-7-15)22(29)32-2)21(28)25-23-24-19(13-34-23)17-4-3-5-18(12-17)26(30)31/h3-14H,1-2H3,(H,24,25,28)/b11-8+. The van der Waals surface area contributed by atoms with E-state index in [1.807, 2.05) is 0 Å². The predicted molar refractivity (Wildman–Crippen MR) is 125 cm³/mol. The molecular formula is C23H19N3O7S. The summed E-state index contributed by atoms with van der Waals surface area (Å²) < 4.78 is 9.73. The Morgan fingerprint density at radius 2 is 1.91 bits per heavy atom. The molecule has 0 bridgehead atoms. The van der Waals surface area contributed by atoms with Gasteiger partial charge in [0.1, 0.15) is 0 Å². The van der Waals surface area contributed by atoms with Crippen LogP contribution in [-0.4, -0.2) is 41.0 Å². The Labute approximate surface area is 198 Å². The van der Waals surface area contributed by atoms with E-state index in [0.29, 0.717) is 22.4 Å². The first-order chi connectivity index (χ1) is 16.3. The van der Waals surface area contributed by atoms with Crippen molar-refractivity contribution in [2.24, 2.45) is 0 Å². The summed E-state index contributed by atoms with van der Waals surface area (Å²) >= 11 is 1.14. The van der Waals surface area contributed by atoms with Crippen LogP contribution in [0.15, 0.2) is 60.0 Å². The zero-order valence-electron chi connectivity index (χ0n) is 18.1. The zero-order chi connectivity index (χ0) is 24.7. The first-order valence-corrected chi connectivity index (χ1v) is 10.7. The molecule has 10 nitrogen and oxygen atoms in total. The molecular weight excluding hydrogens is 462 g/mol. The van der Waals surface area contributed by atoms with E-state index in [9.17, 15) is 24.5 Å². The summed E-state index contributed by atoms with van der Waals surface area (Å²) in [6.07, 6.45) is 1.56. The molecule has 11 heteroatoms. The van der Waals surface area contributed by atoms with Crippen molar-refractivity contribution in [3.63, 3.8) is 0 Å². The smallest absolute Gasteiger partial charge is 0.337 e. The van der Waals surface area contributed by atoms with Crippen molar-refractivity contribution in [1.82, 2.24) is 4.98 Å². The van der Waals surface area contributed by atoms with Crippen LogP contribution in [0.2, 0.25) is 0 Å². The lowest BCUT2D eigenvalue weighted by Gasteiger charge is -2.10. The molecule has 1 unspecified atom stereocenters. The second-order valence-corrected chi connectivity index (χ2v) is 7.72. The van der Waals surface area contributed by atoms with E-state index < -0.39 is 28.9 Å². The molecule has 0 radical (unpaired) electrons. The van der Waals surface area contributed by atoms with E-state index in [1.54, 1.807) is 41.8 Å². The van der Waals surface area contributed by atoms with Crippen LogP contribution in [0.5, 0.6) is 0 Å². The number of anilines is 1. The van der Waals surface area contributed by atoms with Crippen molar-refractivity contribution in [1.29, 1.82) is 0 Å². The average Bonchev–Trinajstić information content (AvgIpc) is 3.31. The summed E-state index contributed by atoms with van der Waals surface area (Å²) in [6.45, 7) is 1.42. The lowest BCUT2D eigenvalue weighted by molar-refractivity contribution is -0.384. The number of nitro benzene ring substituents is 1. The minimum absolute atomic E-state index is 0.0657. The van der Waals surface area contributed by atoms with E-state index in [1.165, 1.54) is 38.3 Å². The summed E-state index contributed by atoms with van der Waals surface area (Å²) in [5, 5.41) is 15.4. The summed E-state index contributed by atoms with van der Waals surface area (Å²) in [6, 6.07) is 12.4. The predicted octanol–water partition coefficient (Wildman–Crippen LogP) is 4.09. The largest absolute Gasteiger partial charge is 0.465 e. The Morgan fingerprint density at radius 1 is 1.18 bits per heavy atom. The van der Waals surface area contributed by atoms with Gasteiger partial charge in [0.25, 0.3) is 11.6 Å². The molecule has 0 spiro atoms. The third-order valence-electron chi connectivity index (χ3n) is 4.49. The number of carbonyl (C=O) groups is 3. The zero-order valence-corrected chi connectivity index (χ0v) is 18.9. The monoisotopic (exact) mass is 481 g/mol. The SMILES string of the molecule is COC(=O)c1ccc(/C=C/C(=O)OC(C)C(=O)Nc2nc(-c3cccc([N+](=O)[O-])c3)cs2)cc1. The molecule has 0 saturated carbocycles. The number of hydrogen-bond acceptors (Lipinski definition) is 9. The van der Waals surface area contributed by atoms with Crippen molar-refractivity contribution in [3.05, 3.63) is 81.2 Å². The second-order valence-electron chi connectivity index (χ2n) is 6.86. The summed E-state index contributed by atoms with van der Waals surface area (Å²) in [7, 11) is 1.29. The number of nitrogens with zero attached hydrogens (tertiary/aromatic N) is 2. The maximum Gasteiger partial charge on any atom is 0.337 e. The lowest BCUT2D eigenvalue weighted by Crippen LogP contribution is -2.29. The van der Waals surface area contributed by atoms with Crippen LogP contribution >= 0.6 is 11.3 Å². The highest BCUT2D eigenvalue weighted by Gasteiger charge is 2.18. The van der Waals surface area contributed by atoms with Gasteiger partial charge in [0, 0.05) is 29.2 Å². The fourth-order valence-electron chi connectivity index (χ4n) is 2.73. The van der Waals surface area contributed by atoms with Gasteiger partial charge in [-0.05, 0) is 30.7 Å². The highest BCUT2D eigenvalue weighted by Crippen LogP contribution is 2.27. The Bertz CT molecular complexity index is 1250. The van der Waals surface area contributed by atoms with Gasteiger partial charge in [-0.2, -0.15) is 0 Å². The van der Waals surface area contributed by atoms with E-state index in [0.717, 1.165) is 11.3 Å². The van der Waals surface area contributed by atoms with Gasteiger partial charge in [0.05, 0.1) is 23.3 Å². The topological polar surface area (TPSA) is 138 Å². The van der Waals surface area contributed by atoms with E-state index in [-0.39, 0.29) is 10.8 Å². The maximum atomic E-state index is 12.4. The molecule has 0 aliphatic heterocycles. The fraction of sp³-hybridized carbons (Fsp3) is 0.130. The number of non-ortho nitro benzene ring substituents is 1. The van der Waals surface area contributed by atoms with Crippen LogP contribution in [0.1, 0.15) is 22.8 Å². The van der Waals surface area contributed by atoms with Crippen LogP contribution in [0.4, 0.5) is 10.8 Å². The van der Waals surface area contributed by atoms with Crippen molar-refractivity contribution in [2.75, 3.05) is 12.4 Å². The number of benzene rings is 2. The maximum absolute atomic E-state index is 12.4. The molecule has 1 aromatic heterocycles. The lowest BCUT2D eigenvalue weighted by atomic mass is 10.1. The molecule has 0 fully saturated rings. The highest BCUT2D eigenvalue weighted by molar-refractivity contribution is 7.14. The van der Waals surface area contributed by atoms with Gasteiger partial charge >= 0.3 is 11.9 Å². The summed E-state index contributed by atoms with van der Waals surface area (Å²) in [5.41, 5.74) is 1.97. The van der Waals surface area contributed by atoms with E-state index in [2.05, 4.69) is 15.0 Å². The van der Waals surface area contributed by atoms with Crippen LogP contribution in [0.3, 0.4) is 0 Å². The van der Waals surface area contributed by atoms with Crippen molar-refractivity contribution >= 4 is 46.1 Å².